The van der Waals surface area contributed by atoms with Crippen molar-refractivity contribution in [1.29, 1.82) is 0 Å². The van der Waals surface area contributed by atoms with E-state index < -0.39 is 0 Å². The topological polar surface area (TPSA) is 11.3 Å². The molecule has 0 N–H and O–H groups in total. The average molecular weight is 221 g/mol. The van der Waals surface area contributed by atoms with E-state index in [4.69, 9.17) is 4.42 Å². The summed E-state index contributed by atoms with van der Waals surface area (Å²) < 4.78 is 5.98. The molecule has 0 atom stereocenters. The molecule has 0 fully saturated rings. The fourth-order valence-corrected chi connectivity index (χ4v) is 2.06. The molecule has 0 aliphatic rings. The Morgan fingerprint density at radius 1 is 0.824 bits per heavy atom. The first-order valence-corrected chi connectivity index (χ1v) is 5.72. The van der Waals surface area contributed by atoms with Crippen LogP contribution in [0.1, 0.15) is 5.56 Å². The van der Waals surface area contributed by atoms with Crippen LogP contribution in [0, 0.1) is 6.92 Å². The van der Waals surface area contributed by atoms with E-state index >= 15 is 0 Å². The van der Waals surface area contributed by atoms with Gasteiger partial charge in [-0.1, -0.05) is 30.3 Å². The zero-order valence-electron chi connectivity index (χ0n) is 9.68. The third-order valence-electron chi connectivity index (χ3n) is 2.90. The summed E-state index contributed by atoms with van der Waals surface area (Å²) in [6.07, 6.45) is 0. The SMILES string of the molecule is Cc1cc2ccccc2[o+]c1-c1ccccc1. The molecule has 0 spiro atoms. The van der Waals surface area contributed by atoms with Crippen LogP contribution in [0.4, 0.5) is 0 Å². The molecule has 3 aromatic rings. The zero-order chi connectivity index (χ0) is 11.7. The van der Waals surface area contributed by atoms with Gasteiger partial charge in [-0.2, -0.15) is 0 Å². The molecule has 0 bridgehead atoms. The number of fused-ring (bicyclic) bond motifs is 1. The lowest BCUT2D eigenvalue weighted by atomic mass is 10.1. The van der Waals surface area contributed by atoms with Gasteiger partial charge in [0.05, 0.1) is 16.5 Å². The summed E-state index contributed by atoms with van der Waals surface area (Å²) in [5.74, 6) is 0.948. The minimum atomic E-state index is 0.928. The van der Waals surface area contributed by atoms with Crippen molar-refractivity contribution >= 4 is 11.0 Å². The Morgan fingerprint density at radius 2 is 1.53 bits per heavy atom. The summed E-state index contributed by atoms with van der Waals surface area (Å²) in [5, 5.41) is 1.14. The number of aryl methyl sites for hydroxylation is 1. The predicted molar refractivity (Wildman–Crippen MR) is 70.8 cm³/mol. The largest absolute Gasteiger partial charge is 0.363 e. The Hall–Kier alpha value is -2.15. The molecular weight excluding hydrogens is 208 g/mol. The van der Waals surface area contributed by atoms with Crippen LogP contribution >= 0.6 is 0 Å². The van der Waals surface area contributed by atoms with Gasteiger partial charge in [-0.15, -0.1) is 0 Å². The van der Waals surface area contributed by atoms with Crippen LogP contribution in [0.3, 0.4) is 0 Å². The van der Waals surface area contributed by atoms with Gasteiger partial charge in [-0.3, -0.25) is 0 Å². The molecule has 17 heavy (non-hydrogen) atoms. The monoisotopic (exact) mass is 221 g/mol. The van der Waals surface area contributed by atoms with Crippen LogP contribution in [-0.4, -0.2) is 0 Å². The van der Waals surface area contributed by atoms with E-state index in [1.807, 2.05) is 36.4 Å². The molecule has 1 aromatic heterocycles. The van der Waals surface area contributed by atoms with Crippen LogP contribution in [0.5, 0.6) is 0 Å². The second-order valence-electron chi connectivity index (χ2n) is 4.16. The number of para-hydroxylation sites is 1. The van der Waals surface area contributed by atoms with E-state index in [9.17, 15) is 0 Å². The van der Waals surface area contributed by atoms with E-state index in [0.29, 0.717) is 0 Å². The van der Waals surface area contributed by atoms with Gasteiger partial charge in [-0.25, -0.2) is 4.42 Å². The van der Waals surface area contributed by atoms with Gasteiger partial charge in [0.2, 0.25) is 0 Å². The number of rotatable bonds is 1. The third-order valence-corrected chi connectivity index (χ3v) is 2.90. The molecule has 0 unspecified atom stereocenters. The summed E-state index contributed by atoms with van der Waals surface area (Å²) in [7, 11) is 0. The molecule has 0 aliphatic carbocycles. The Labute approximate surface area is 100 Å². The zero-order valence-corrected chi connectivity index (χ0v) is 9.68. The molecule has 0 amide bonds. The summed E-state index contributed by atoms with van der Waals surface area (Å²) in [6, 6.07) is 20.5. The maximum absolute atomic E-state index is 5.98. The summed E-state index contributed by atoms with van der Waals surface area (Å²) in [4.78, 5) is 0. The molecule has 0 saturated carbocycles. The Balaban J connectivity index is 2.27. The molecule has 0 aliphatic heterocycles. The van der Waals surface area contributed by atoms with Crippen LogP contribution in [0.25, 0.3) is 22.3 Å². The Kier molecular flexibility index (Phi) is 2.37. The van der Waals surface area contributed by atoms with Crippen molar-refractivity contribution in [2.75, 3.05) is 0 Å². The highest BCUT2D eigenvalue weighted by molar-refractivity contribution is 5.80. The first kappa shape index (κ1) is 10.0. The van der Waals surface area contributed by atoms with Crippen molar-refractivity contribution in [3.8, 4) is 11.3 Å². The summed E-state index contributed by atoms with van der Waals surface area (Å²) >= 11 is 0. The molecule has 2 aromatic carbocycles. The minimum Gasteiger partial charge on any atom is -0.207 e. The highest BCUT2D eigenvalue weighted by Crippen LogP contribution is 2.27. The van der Waals surface area contributed by atoms with Crippen molar-refractivity contribution < 1.29 is 4.42 Å². The average Bonchev–Trinajstić information content (AvgIpc) is 2.39. The van der Waals surface area contributed by atoms with E-state index in [1.54, 1.807) is 0 Å². The van der Waals surface area contributed by atoms with E-state index in [-0.39, 0.29) is 0 Å². The van der Waals surface area contributed by atoms with Crippen molar-refractivity contribution in [2.45, 2.75) is 6.92 Å². The van der Waals surface area contributed by atoms with Crippen molar-refractivity contribution in [3.63, 3.8) is 0 Å². The van der Waals surface area contributed by atoms with Crippen molar-refractivity contribution in [3.05, 3.63) is 66.2 Å². The van der Waals surface area contributed by atoms with Gasteiger partial charge in [0, 0.05) is 6.07 Å². The van der Waals surface area contributed by atoms with Gasteiger partial charge >= 0.3 is 11.3 Å². The van der Waals surface area contributed by atoms with Gasteiger partial charge in [0.1, 0.15) is 0 Å². The van der Waals surface area contributed by atoms with Gasteiger partial charge in [0.15, 0.2) is 0 Å². The van der Waals surface area contributed by atoms with Gasteiger partial charge in [-0.05, 0) is 31.2 Å². The lowest BCUT2D eigenvalue weighted by Crippen LogP contribution is -1.84. The molecule has 3 rings (SSSR count). The predicted octanol–water partition coefficient (Wildman–Crippen LogP) is 4.69. The maximum Gasteiger partial charge on any atom is 0.363 e. The van der Waals surface area contributed by atoms with Crippen LogP contribution in [-0.2, 0) is 0 Å². The molecule has 82 valence electrons. The van der Waals surface area contributed by atoms with Crippen LogP contribution in [0.15, 0.2) is 65.1 Å². The minimum absolute atomic E-state index is 0.928. The number of hydrogen-bond donors (Lipinski definition) is 0. The molecule has 1 nitrogen and oxygen atoms in total. The Morgan fingerprint density at radius 3 is 2.35 bits per heavy atom. The quantitative estimate of drug-likeness (QED) is 0.542. The first-order chi connectivity index (χ1) is 8.34. The highest BCUT2D eigenvalue weighted by atomic mass is 16.3. The normalized spacial score (nSPS) is 10.6. The van der Waals surface area contributed by atoms with Gasteiger partial charge in [0.25, 0.3) is 0 Å². The number of benzene rings is 2. The summed E-state index contributed by atoms with van der Waals surface area (Å²) in [6.45, 7) is 2.08. The lowest BCUT2D eigenvalue weighted by molar-refractivity contribution is 0.615. The second-order valence-corrected chi connectivity index (χ2v) is 4.16. The fourth-order valence-electron chi connectivity index (χ4n) is 2.06. The smallest absolute Gasteiger partial charge is 0.207 e. The molecule has 0 saturated heterocycles. The van der Waals surface area contributed by atoms with E-state index in [2.05, 4.69) is 31.2 Å². The third kappa shape index (κ3) is 1.80. The van der Waals surface area contributed by atoms with E-state index in [1.165, 1.54) is 0 Å². The molecule has 1 heteroatoms. The van der Waals surface area contributed by atoms with Crippen molar-refractivity contribution in [1.82, 2.24) is 0 Å². The maximum atomic E-state index is 5.98. The highest BCUT2D eigenvalue weighted by Gasteiger charge is 2.17. The number of hydrogen-bond acceptors (Lipinski definition) is 0. The van der Waals surface area contributed by atoms with Gasteiger partial charge < -0.3 is 0 Å². The lowest BCUT2D eigenvalue weighted by Gasteiger charge is -1.96. The first-order valence-electron chi connectivity index (χ1n) is 5.72. The molecule has 1 heterocycles. The Bertz CT molecular complexity index is 657. The van der Waals surface area contributed by atoms with Crippen LogP contribution in [0.2, 0.25) is 0 Å². The van der Waals surface area contributed by atoms with Crippen molar-refractivity contribution in [2.24, 2.45) is 0 Å². The second kappa shape index (κ2) is 4.02. The fraction of sp³-hybridized carbons (Fsp3) is 0.0625. The summed E-state index contributed by atoms with van der Waals surface area (Å²) in [5.41, 5.74) is 3.21. The van der Waals surface area contributed by atoms with E-state index in [0.717, 1.165) is 27.9 Å². The standard InChI is InChI=1S/C16H13O/c1-12-11-14-9-5-6-10-15(14)17-16(12)13-7-3-2-4-8-13/h2-11H,1H3/q+1. The van der Waals surface area contributed by atoms with Crippen LogP contribution < -0.4 is 0 Å². The molecule has 0 radical (unpaired) electrons. The molecular formula is C16H13O+.